The van der Waals surface area contributed by atoms with Gasteiger partial charge in [-0.1, -0.05) is 49.2 Å². The third-order valence-corrected chi connectivity index (χ3v) is 7.20. The van der Waals surface area contributed by atoms with E-state index in [4.69, 9.17) is 16.6 Å². The zero-order valence-corrected chi connectivity index (χ0v) is 21.5. The lowest BCUT2D eigenvalue weighted by molar-refractivity contribution is -0.139. The Hall–Kier alpha value is -2.37. The number of rotatable bonds is 9. The van der Waals surface area contributed by atoms with Gasteiger partial charge in [-0.15, -0.1) is 0 Å². The molecule has 0 spiro atoms. The van der Waals surface area contributed by atoms with E-state index in [0.29, 0.717) is 5.91 Å². The van der Waals surface area contributed by atoms with E-state index < -0.39 is 0 Å². The summed E-state index contributed by atoms with van der Waals surface area (Å²) in [6.45, 7) is 10.8. The molecule has 0 saturated carbocycles. The number of imidazole rings is 1. The lowest BCUT2D eigenvalue weighted by Crippen LogP contribution is -2.45. The smallest absolute Gasteiger partial charge is 0.226 e. The molecule has 0 unspecified atom stereocenters. The maximum Gasteiger partial charge on any atom is 0.226 e. The van der Waals surface area contributed by atoms with E-state index in [1.807, 2.05) is 18.2 Å². The van der Waals surface area contributed by atoms with E-state index in [1.165, 1.54) is 5.56 Å². The molecule has 0 atom stereocenters. The highest BCUT2D eigenvalue weighted by molar-refractivity contribution is 6.30. The molecular weight excluding hydrogens is 444 g/mol. The van der Waals surface area contributed by atoms with Crippen LogP contribution in [0.15, 0.2) is 48.5 Å². The summed E-state index contributed by atoms with van der Waals surface area (Å²) < 4.78 is 2.32. The van der Waals surface area contributed by atoms with Gasteiger partial charge in [-0.3, -0.25) is 9.69 Å². The van der Waals surface area contributed by atoms with Crippen molar-refractivity contribution in [2.45, 2.75) is 65.6 Å². The number of carbonyl (C=O) groups excluding carboxylic acids is 1. The lowest BCUT2D eigenvalue weighted by Gasteiger charge is -2.35. The van der Waals surface area contributed by atoms with Crippen molar-refractivity contribution in [3.63, 3.8) is 0 Å². The molecule has 4 rings (SSSR count). The molecule has 0 radical (unpaired) electrons. The van der Waals surface area contributed by atoms with Crippen LogP contribution >= 0.6 is 11.6 Å². The number of likely N-dealkylation sites (tertiary alicyclic amines) is 1. The molecule has 2 aromatic carbocycles. The van der Waals surface area contributed by atoms with Gasteiger partial charge in [-0.25, -0.2) is 4.98 Å². The van der Waals surface area contributed by atoms with E-state index in [0.717, 1.165) is 80.3 Å². The summed E-state index contributed by atoms with van der Waals surface area (Å²) in [7, 11) is 0. The summed E-state index contributed by atoms with van der Waals surface area (Å²) in [6, 6.07) is 16.7. The van der Waals surface area contributed by atoms with Crippen LogP contribution in [0.5, 0.6) is 0 Å². The van der Waals surface area contributed by atoms with Crippen molar-refractivity contribution in [2.24, 2.45) is 5.92 Å². The van der Waals surface area contributed by atoms with Crippen molar-refractivity contribution in [1.82, 2.24) is 19.4 Å². The maximum absolute atomic E-state index is 13.2. The molecule has 0 bridgehead atoms. The summed E-state index contributed by atoms with van der Waals surface area (Å²) >= 11 is 6.09. The summed E-state index contributed by atoms with van der Waals surface area (Å²) in [5.74, 6) is 1.56. The summed E-state index contributed by atoms with van der Waals surface area (Å²) in [5, 5.41) is 0.752. The molecule has 1 aromatic heterocycles. The Morgan fingerprint density at radius 3 is 2.47 bits per heavy atom. The van der Waals surface area contributed by atoms with Crippen molar-refractivity contribution >= 4 is 28.5 Å². The van der Waals surface area contributed by atoms with Gasteiger partial charge in [0.25, 0.3) is 0 Å². The molecule has 0 aliphatic carbocycles. The predicted molar refractivity (Wildman–Crippen MR) is 140 cm³/mol. The zero-order chi connectivity index (χ0) is 24.1. The molecule has 2 heterocycles. The first kappa shape index (κ1) is 24.7. The average Bonchev–Trinajstić information content (AvgIpc) is 3.17. The second kappa shape index (κ2) is 11.4. The minimum absolute atomic E-state index is 0.142. The number of piperidine rings is 1. The fraction of sp³-hybridized carbons (Fsp3) is 0.500. The third kappa shape index (κ3) is 5.81. The molecule has 1 aliphatic heterocycles. The van der Waals surface area contributed by atoms with E-state index in [-0.39, 0.29) is 12.0 Å². The van der Waals surface area contributed by atoms with Crippen molar-refractivity contribution in [3.8, 4) is 0 Å². The highest BCUT2D eigenvalue weighted by atomic mass is 35.5. The number of hydrogen-bond donors (Lipinski definition) is 0. The molecule has 1 amide bonds. The van der Waals surface area contributed by atoms with Crippen molar-refractivity contribution in [1.29, 1.82) is 0 Å². The summed E-state index contributed by atoms with van der Waals surface area (Å²) in [4.78, 5) is 22.7. The fourth-order valence-corrected chi connectivity index (χ4v) is 5.04. The largest absolute Gasteiger partial charge is 0.340 e. The van der Waals surface area contributed by atoms with Crippen LogP contribution in [0.25, 0.3) is 11.0 Å². The van der Waals surface area contributed by atoms with Crippen LogP contribution in [-0.2, 0) is 17.9 Å². The number of aromatic nitrogens is 2. The molecule has 6 heteroatoms. The monoisotopic (exact) mass is 480 g/mol. The van der Waals surface area contributed by atoms with Gasteiger partial charge in [0, 0.05) is 30.1 Å². The SMILES string of the molecule is CCCCN(C(=O)C1CCN(Cc2nc3ccccc3n2Cc2ccc(Cl)cc2)CC1)C(C)C. The fourth-order valence-electron chi connectivity index (χ4n) is 4.92. The van der Waals surface area contributed by atoms with Gasteiger partial charge >= 0.3 is 0 Å². The molecule has 1 saturated heterocycles. The Bertz CT molecular complexity index is 1080. The number of para-hydroxylation sites is 2. The minimum atomic E-state index is 0.142. The molecule has 1 aliphatic rings. The molecule has 182 valence electrons. The first-order valence-electron chi connectivity index (χ1n) is 12.7. The summed E-state index contributed by atoms with van der Waals surface area (Å²) in [5.41, 5.74) is 3.39. The number of nitrogens with zero attached hydrogens (tertiary/aromatic N) is 4. The zero-order valence-electron chi connectivity index (χ0n) is 20.7. The second-order valence-corrected chi connectivity index (χ2v) is 10.2. The van der Waals surface area contributed by atoms with Crippen LogP contribution in [0, 0.1) is 5.92 Å². The van der Waals surface area contributed by atoms with Gasteiger partial charge in [0.15, 0.2) is 0 Å². The van der Waals surface area contributed by atoms with Crippen LogP contribution < -0.4 is 0 Å². The number of hydrogen-bond acceptors (Lipinski definition) is 3. The molecule has 1 fully saturated rings. The highest BCUT2D eigenvalue weighted by Gasteiger charge is 2.30. The Morgan fingerprint density at radius 1 is 1.09 bits per heavy atom. The first-order valence-corrected chi connectivity index (χ1v) is 13.1. The Balaban J connectivity index is 1.44. The lowest BCUT2D eigenvalue weighted by atomic mass is 9.94. The van der Waals surface area contributed by atoms with E-state index >= 15 is 0 Å². The number of amides is 1. The number of benzene rings is 2. The Morgan fingerprint density at radius 2 is 1.79 bits per heavy atom. The standard InChI is InChI=1S/C28H37ClN4O/c1-4-5-16-32(21(2)3)28(34)23-14-17-31(18-15-23)20-27-30-25-8-6-7-9-26(25)33(27)19-22-10-12-24(29)13-11-22/h6-13,21,23H,4-5,14-20H2,1-3H3. The second-order valence-electron chi connectivity index (χ2n) is 9.76. The Kier molecular flexibility index (Phi) is 8.28. The van der Waals surface area contributed by atoms with E-state index in [2.05, 4.69) is 65.5 Å². The average molecular weight is 481 g/mol. The van der Waals surface area contributed by atoms with Crippen LogP contribution in [0.4, 0.5) is 0 Å². The maximum atomic E-state index is 13.2. The number of fused-ring (bicyclic) bond motifs is 1. The van der Waals surface area contributed by atoms with Crippen molar-refractivity contribution in [2.75, 3.05) is 19.6 Å². The van der Waals surface area contributed by atoms with Gasteiger partial charge < -0.3 is 9.47 Å². The highest BCUT2D eigenvalue weighted by Crippen LogP contribution is 2.25. The molecule has 0 N–H and O–H groups in total. The summed E-state index contributed by atoms with van der Waals surface area (Å²) in [6.07, 6.45) is 4.04. The van der Waals surface area contributed by atoms with Crippen LogP contribution in [0.1, 0.15) is 57.8 Å². The molecular formula is C28H37ClN4O. The van der Waals surface area contributed by atoms with Crippen LogP contribution in [0.3, 0.4) is 0 Å². The van der Waals surface area contributed by atoms with Crippen LogP contribution in [-0.4, -0.2) is 50.9 Å². The molecule has 5 nitrogen and oxygen atoms in total. The quantitative estimate of drug-likeness (QED) is 0.378. The Labute approximate surface area is 208 Å². The number of carbonyl (C=O) groups is 1. The van der Waals surface area contributed by atoms with Gasteiger partial charge in [0.2, 0.25) is 5.91 Å². The normalized spacial score (nSPS) is 15.3. The van der Waals surface area contributed by atoms with E-state index in [9.17, 15) is 4.79 Å². The van der Waals surface area contributed by atoms with Crippen molar-refractivity contribution < 1.29 is 4.79 Å². The van der Waals surface area contributed by atoms with Crippen LogP contribution in [0.2, 0.25) is 5.02 Å². The molecule has 34 heavy (non-hydrogen) atoms. The third-order valence-electron chi connectivity index (χ3n) is 6.95. The van der Waals surface area contributed by atoms with Gasteiger partial charge in [-0.2, -0.15) is 0 Å². The van der Waals surface area contributed by atoms with Crippen molar-refractivity contribution in [3.05, 3.63) is 64.9 Å². The minimum Gasteiger partial charge on any atom is -0.340 e. The van der Waals surface area contributed by atoms with Gasteiger partial charge in [0.05, 0.1) is 17.6 Å². The topological polar surface area (TPSA) is 41.4 Å². The van der Waals surface area contributed by atoms with Gasteiger partial charge in [0.1, 0.15) is 5.82 Å². The first-order chi connectivity index (χ1) is 16.5. The number of halogens is 1. The number of unbranched alkanes of at least 4 members (excludes halogenated alkanes) is 1. The molecule has 3 aromatic rings. The van der Waals surface area contributed by atoms with Gasteiger partial charge in [-0.05, 0) is 76.0 Å². The van der Waals surface area contributed by atoms with E-state index in [1.54, 1.807) is 0 Å². The predicted octanol–water partition coefficient (Wildman–Crippen LogP) is 5.99.